The molecule has 0 unspecified atom stereocenters. The molecule has 1 fully saturated rings. The SMILES string of the molecule is Cn1c(=O)c(-c2noc(C(=O)NCCCN3CCCCCC3)n2)nn(-c2ccccc2)c1=O. The minimum absolute atomic E-state index is 0.157. The van der Waals surface area contributed by atoms with Gasteiger partial charge in [0, 0.05) is 13.6 Å². The van der Waals surface area contributed by atoms with Crippen molar-refractivity contribution in [3.05, 3.63) is 57.1 Å². The van der Waals surface area contributed by atoms with Crippen LogP contribution in [0.1, 0.15) is 42.8 Å². The largest absolute Gasteiger partial charge is 0.351 e. The van der Waals surface area contributed by atoms with Crippen LogP contribution in [0.4, 0.5) is 0 Å². The minimum atomic E-state index is -0.683. The molecule has 0 aliphatic carbocycles. The topological polar surface area (TPSA) is 128 Å². The van der Waals surface area contributed by atoms with Crippen molar-refractivity contribution < 1.29 is 9.32 Å². The van der Waals surface area contributed by atoms with Crippen LogP contribution in [0, 0.1) is 0 Å². The van der Waals surface area contributed by atoms with Gasteiger partial charge in [0.2, 0.25) is 5.82 Å². The predicted octanol–water partition coefficient (Wildman–Crippen LogP) is 0.977. The van der Waals surface area contributed by atoms with E-state index in [0.29, 0.717) is 12.2 Å². The number of benzene rings is 1. The molecule has 0 radical (unpaired) electrons. The maximum Gasteiger partial charge on any atom is 0.351 e. The lowest BCUT2D eigenvalue weighted by Crippen LogP contribution is -2.40. The molecule has 1 aliphatic rings. The van der Waals surface area contributed by atoms with Gasteiger partial charge in [-0.25, -0.2) is 4.79 Å². The summed E-state index contributed by atoms with van der Waals surface area (Å²) in [7, 11) is 1.34. The summed E-state index contributed by atoms with van der Waals surface area (Å²) in [4.78, 5) is 44.0. The van der Waals surface area contributed by atoms with Crippen molar-refractivity contribution in [1.29, 1.82) is 0 Å². The maximum absolute atomic E-state index is 12.6. The van der Waals surface area contributed by atoms with E-state index in [1.54, 1.807) is 30.3 Å². The molecule has 1 aliphatic heterocycles. The highest BCUT2D eigenvalue weighted by Crippen LogP contribution is 2.11. The van der Waals surface area contributed by atoms with E-state index in [1.807, 2.05) is 0 Å². The summed E-state index contributed by atoms with van der Waals surface area (Å²) in [6.45, 7) is 3.62. The smallest absolute Gasteiger partial charge is 0.348 e. The minimum Gasteiger partial charge on any atom is -0.348 e. The van der Waals surface area contributed by atoms with Gasteiger partial charge < -0.3 is 14.7 Å². The summed E-state index contributed by atoms with van der Waals surface area (Å²) < 4.78 is 7.05. The number of likely N-dealkylation sites (tertiary alicyclic amines) is 1. The molecule has 0 saturated carbocycles. The summed E-state index contributed by atoms with van der Waals surface area (Å²) in [6, 6.07) is 8.66. The highest BCUT2D eigenvalue weighted by atomic mass is 16.5. The zero-order chi connectivity index (χ0) is 23.2. The standard InChI is InChI=1S/C22H27N7O4/c1-27-21(31)17(25-29(22(27)32)16-10-5-4-6-11-16)18-24-20(33-26-18)19(30)23-12-9-15-28-13-7-2-3-8-14-28/h4-6,10-11H,2-3,7-9,12-15H2,1H3,(H,23,30). The molecule has 1 saturated heterocycles. The van der Waals surface area contributed by atoms with Gasteiger partial charge in [0.1, 0.15) is 0 Å². The fourth-order valence-corrected chi connectivity index (χ4v) is 3.80. The van der Waals surface area contributed by atoms with Crippen LogP contribution in [0.5, 0.6) is 0 Å². The second-order valence-electron chi connectivity index (χ2n) is 8.03. The van der Waals surface area contributed by atoms with Gasteiger partial charge in [0.25, 0.3) is 5.56 Å². The van der Waals surface area contributed by atoms with Crippen molar-refractivity contribution in [2.45, 2.75) is 32.1 Å². The quantitative estimate of drug-likeness (QED) is 0.524. The van der Waals surface area contributed by atoms with Gasteiger partial charge in [-0.15, -0.1) is 0 Å². The third kappa shape index (κ3) is 5.25. The molecular formula is C22H27N7O4. The normalized spacial score (nSPS) is 14.7. The van der Waals surface area contributed by atoms with E-state index in [1.165, 1.54) is 32.7 Å². The van der Waals surface area contributed by atoms with Crippen molar-refractivity contribution in [1.82, 2.24) is 34.7 Å². The van der Waals surface area contributed by atoms with E-state index in [2.05, 4.69) is 25.5 Å². The molecule has 3 aromatic rings. The number of para-hydroxylation sites is 1. The average Bonchev–Trinajstić information content (AvgIpc) is 3.18. The lowest BCUT2D eigenvalue weighted by molar-refractivity contribution is 0.0908. The van der Waals surface area contributed by atoms with Gasteiger partial charge in [-0.05, 0) is 51.0 Å². The molecule has 0 atom stereocenters. The molecule has 174 valence electrons. The second kappa shape index (κ2) is 10.3. The Hall–Kier alpha value is -3.60. The number of carbonyl (C=O) groups is 1. The molecule has 1 aromatic carbocycles. The van der Waals surface area contributed by atoms with E-state index in [4.69, 9.17) is 4.52 Å². The van der Waals surface area contributed by atoms with Gasteiger partial charge in [-0.2, -0.15) is 14.8 Å². The Balaban J connectivity index is 1.44. The van der Waals surface area contributed by atoms with Gasteiger partial charge >= 0.3 is 17.5 Å². The Morgan fingerprint density at radius 3 is 2.55 bits per heavy atom. The van der Waals surface area contributed by atoms with Crippen LogP contribution in [0.3, 0.4) is 0 Å². The number of hydrogen-bond acceptors (Lipinski definition) is 8. The Morgan fingerprint density at radius 1 is 1.09 bits per heavy atom. The second-order valence-corrected chi connectivity index (χ2v) is 8.03. The summed E-state index contributed by atoms with van der Waals surface area (Å²) in [5.74, 6) is -0.936. The molecule has 0 bridgehead atoms. The summed E-state index contributed by atoms with van der Waals surface area (Å²) in [5, 5.41) is 10.6. The van der Waals surface area contributed by atoms with Gasteiger partial charge in [0.05, 0.1) is 5.69 Å². The zero-order valence-corrected chi connectivity index (χ0v) is 18.6. The Kier molecular flexibility index (Phi) is 7.08. The van der Waals surface area contributed by atoms with Crippen LogP contribution in [0.2, 0.25) is 0 Å². The van der Waals surface area contributed by atoms with Crippen LogP contribution in [-0.2, 0) is 7.05 Å². The molecule has 4 rings (SSSR count). The van der Waals surface area contributed by atoms with Crippen LogP contribution in [-0.4, -0.2) is 61.5 Å². The highest BCUT2D eigenvalue weighted by Gasteiger charge is 2.21. The van der Waals surface area contributed by atoms with Crippen molar-refractivity contribution in [2.75, 3.05) is 26.2 Å². The summed E-state index contributed by atoms with van der Waals surface area (Å²) in [5.41, 5.74) is -1.01. The van der Waals surface area contributed by atoms with Crippen molar-refractivity contribution >= 4 is 5.91 Å². The molecule has 11 nitrogen and oxygen atoms in total. The number of amides is 1. The van der Waals surface area contributed by atoms with E-state index in [0.717, 1.165) is 35.3 Å². The van der Waals surface area contributed by atoms with E-state index in [-0.39, 0.29) is 17.4 Å². The maximum atomic E-state index is 12.6. The number of carbonyl (C=O) groups excluding carboxylic acids is 1. The first-order chi connectivity index (χ1) is 16.0. The lowest BCUT2D eigenvalue weighted by Gasteiger charge is -2.19. The fourth-order valence-electron chi connectivity index (χ4n) is 3.80. The summed E-state index contributed by atoms with van der Waals surface area (Å²) >= 11 is 0. The number of rotatable bonds is 7. The molecule has 0 spiro atoms. The Labute approximate surface area is 190 Å². The monoisotopic (exact) mass is 453 g/mol. The van der Waals surface area contributed by atoms with E-state index >= 15 is 0 Å². The van der Waals surface area contributed by atoms with Crippen LogP contribution < -0.4 is 16.6 Å². The molecule has 11 heteroatoms. The lowest BCUT2D eigenvalue weighted by atomic mass is 10.2. The number of aromatic nitrogens is 5. The van der Waals surface area contributed by atoms with Crippen LogP contribution >= 0.6 is 0 Å². The van der Waals surface area contributed by atoms with Gasteiger partial charge in [0.15, 0.2) is 5.69 Å². The van der Waals surface area contributed by atoms with Crippen molar-refractivity contribution in [3.8, 4) is 17.2 Å². The fraction of sp³-hybridized carbons (Fsp3) is 0.455. The first-order valence-corrected chi connectivity index (χ1v) is 11.1. The van der Waals surface area contributed by atoms with E-state index < -0.39 is 17.2 Å². The summed E-state index contributed by atoms with van der Waals surface area (Å²) in [6.07, 6.45) is 5.84. The predicted molar refractivity (Wildman–Crippen MR) is 120 cm³/mol. The molecule has 1 amide bonds. The van der Waals surface area contributed by atoms with Crippen LogP contribution in [0.25, 0.3) is 17.2 Å². The molecule has 2 aromatic heterocycles. The van der Waals surface area contributed by atoms with Crippen molar-refractivity contribution in [3.63, 3.8) is 0 Å². The average molecular weight is 454 g/mol. The van der Waals surface area contributed by atoms with Gasteiger partial charge in [-0.1, -0.05) is 36.2 Å². The molecular weight excluding hydrogens is 426 g/mol. The Morgan fingerprint density at radius 2 is 1.82 bits per heavy atom. The first kappa shape index (κ1) is 22.6. The third-order valence-electron chi connectivity index (χ3n) is 5.64. The van der Waals surface area contributed by atoms with Crippen LogP contribution in [0.15, 0.2) is 44.4 Å². The molecule has 3 heterocycles. The third-order valence-corrected chi connectivity index (χ3v) is 5.64. The molecule has 1 N–H and O–H groups in total. The van der Waals surface area contributed by atoms with Crippen molar-refractivity contribution in [2.24, 2.45) is 7.05 Å². The van der Waals surface area contributed by atoms with Gasteiger partial charge in [-0.3, -0.25) is 14.2 Å². The zero-order valence-electron chi connectivity index (χ0n) is 18.6. The van der Waals surface area contributed by atoms with E-state index in [9.17, 15) is 14.4 Å². The highest BCUT2D eigenvalue weighted by molar-refractivity contribution is 5.89. The molecule has 33 heavy (non-hydrogen) atoms. The first-order valence-electron chi connectivity index (χ1n) is 11.1. The number of nitrogens with one attached hydrogen (secondary N) is 1. The Bertz CT molecular complexity index is 1210. The number of hydrogen-bond donors (Lipinski definition) is 1. The number of nitrogens with zero attached hydrogens (tertiary/aromatic N) is 6.